The Bertz CT molecular complexity index is 1060. The van der Waals surface area contributed by atoms with E-state index in [0.29, 0.717) is 25.9 Å². The number of esters is 1. The lowest BCUT2D eigenvalue weighted by Gasteiger charge is -2.22. The molecule has 0 heterocycles. The monoisotopic (exact) mass is 914 g/mol. The van der Waals surface area contributed by atoms with Crippen LogP contribution in [0.25, 0.3) is 0 Å². The number of nitrogens with one attached hydrogen (secondary N) is 1. The van der Waals surface area contributed by atoms with E-state index in [1.165, 1.54) is 180 Å². The zero-order chi connectivity index (χ0) is 47.2. The van der Waals surface area contributed by atoms with E-state index in [1.807, 2.05) is 0 Å². The molecule has 2 unspecified atom stereocenters. The maximum atomic E-state index is 12.5. The van der Waals surface area contributed by atoms with Crippen LogP contribution in [0.2, 0.25) is 0 Å². The van der Waals surface area contributed by atoms with E-state index in [4.69, 9.17) is 4.74 Å². The highest BCUT2D eigenvalue weighted by atomic mass is 16.5. The first-order chi connectivity index (χ1) is 32.0. The lowest BCUT2D eigenvalue weighted by Crippen LogP contribution is -2.45. The topological polar surface area (TPSA) is 95.9 Å². The Morgan fingerprint density at radius 2 is 0.769 bits per heavy atom. The molecule has 0 aromatic carbocycles. The largest absolute Gasteiger partial charge is 0.466 e. The molecule has 382 valence electrons. The number of ether oxygens (including phenoxy) is 1. The summed E-state index contributed by atoms with van der Waals surface area (Å²) in [4.78, 5) is 24.6. The number of unbranched alkanes of at least 4 members (excludes halogenated alkanes) is 36. The predicted molar refractivity (Wildman–Crippen MR) is 283 cm³/mol. The average molecular weight is 915 g/mol. The Kier molecular flexibility index (Phi) is 53.1. The average Bonchev–Trinajstić information content (AvgIpc) is 3.31. The molecule has 0 spiro atoms. The molecule has 0 fully saturated rings. The number of aliphatic hydroxyl groups excluding tert-OH is 2. The second kappa shape index (κ2) is 54.7. The molecule has 0 aliphatic heterocycles. The zero-order valence-corrected chi connectivity index (χ0v) is 43.5. The maximum absolute atomic E-state index is 12.5. The summed E-state index contributed by atoms with van der Waals surface area (Å²) in [6.45, 7) is 4.87. The Hall–Kier alpha value is -1.92. The molecule has 3 N–H and O–H groups in total. The van der Waals surface area contributed by atoms with Crippen molar-refractivity contribution in [3.8, 4) is 0 Å². The third kappa shape index (κ3) is 51.3. The van der Waals surface area contributed by atoms with Gasteiger partial charge in [-0.2, -0.15) is 0 Å². The molecular formula is C59H111NO5. The van der Waals surface area contributed by atoms with Gasteiger partial charge in [0.1, 0.15) is 0 Å². The quantitative estimate of drug-likeness (QED) is 0.0321. The maximum Gasteiger partial charge on any atom is 0.305 e. The predicted octanol–water partition coefficient (Wildman–Crippen LogP) is 17.6. The van der Waals surface area contributed by atoms with E-state index < -0.39 is 12.1 Å². The van der Waals surface area contributed by atoms with Gasteiger partial charge < -0.3 is 20.3 Å². The minimum atomic E-state index is -0.684. The summed E-state index contributed by atoms with van der Waals surface area (Å²) in [5.74, 6) is -0.101. The molecule has 0 saturated carbocycles. The molecule has 65 heavy (non-hydrogen) atoms. The van der Waals surface area contributed by atoms with Crippen LogP contribution in [0, 0.1) is 0 Å². The van der Waals surface area contributed by atoms with Gasteiger partial charge in [-0.3, -0.25) is 9.59 Å². The highest BCUT2D eigenvalue weighted by molar-refractivity contribution is 5.76. The van der Waals surface area contributed by atoms with Crippen LogP contribution in [0.3, 0.4) is 0 Å². The first-order valence-electron chi connectivity index (χ1n) is 28.7. The molecule has 0 radical (unpaired) electrons. The first kappa shape index (κ1) is 63.1. The van der Waals surface area contributed by atoms with Gasteiger partial charge in [0.2, 0.25) is 5.91 Å². The molecular weight excluding hydrogens is 803 g/mol. The van der Waals surface area contributed by atoms with Crippen molar-refractivity contribution in [1.29, 1.82) is 0 Å². The Labute approximate surface area is 404 Å². The number of aliphatic hydroxyl groups is 2. The summed E-state index contributed by atoms with van der Waals surface area (Å²) in [6, 6.07) is -0.564. The Morgan fingerprint density at radius 1 is 0.431 bits per heavy atom. The van der Waals surface area contributed by atoms with E-state index in [1.54, 1.807) is 0 Å². The van der Waals surface area contributed by atoms with Crippen molar-refractivity contribution in [3.05, 3.63) is 36.5 Å². The van der Waals surface area contributed by atoms with Crippen molar-refractivity contribution in [2.45, 2.75) is 315 Å². The van der Waals surface area contributed by atoms with Gasteiger partial charge in [-0.25, -0.2) is 0 Å². The zero-order valence-electron chi connectivity index (χ0n) is 43.5. The number of allylic oxidation sites excluding steroid dienone is 6. The van der Waals surface area contributed by atoms with Crippen molar-refractivity contribution in [2.75, 3.05) is 13.2 Å². The van der Waals surface area contributed by atoms with Gasteiger partial charge in [0, 0.05) is 12.8 Å². The molecule has 0 aliphatic carbocycles. The number of carbonyl (C=O) groups excluding carboxylic acids is 2. The minimum Gasteiger partial charge on any atom is -0.466 e. The van der Waals surface area contributed by atoms with Crippen molar-refractivity contribution < 1.29 is 24.5 Å². The van der Waals surface area contributed by atoms with Crippen LogP contribution in [0.4, 0.5) is 0 Å². The summed E-state index contributed by atoms with van der Waals surface area (Å²) in [5.41, 5.74) is 0. The third-order valence-electron chi connectivity index (χ3n) is 13.2. The standard InChI is InChI=1S/C59H111NO5/c1-3-5-7-9-11-13-15-17-19-21-23-24-26-28-31-35-39-43-47-51-57(62)56(55-61)60-58(63)52-48-44-40-36-32-30-34-38-42-46-50-54-65-59(64)53-49-45-41-37-33-29-27-25-22-20-18-16-14-12-10-8-6-4-2/h14,16,20,22,34,38,56-57,61-62H,3-13,15,17-19,21,23-33,35-37,39-55H2,1-2H3,(H,60,63)/b16-14-,22-20-,38-34-. The van der Waals surface area contributed by atoms with Crippen LogP contribution in [-0.2, 0) is 14.3 Å². The summed E-state index contributed by atoms with van der Waals surface area (Å²) in [6.07, 6.45) is 67.0. The van der Waals surface area contributed by atoms with Crippen LogP contribution in [0.5, 0.6) is 0 Å². The van der Waals surface area contributed by atoms with Gasteiger partial charge in [0.15, 0.2) is 0 Å². The second-order valence-corrected chi connectivity index (χ2v) is 19.6. The second-order valence-electron chi connectivity index (χ2n) is 19.6. The molecule has 0 aromatic rings. The first-order valence-corrected chi connectivity index (χ1v) is 28.7. The number of rotatable bonds is 53. The Balaban J connectivity index is 3.51. The van der Waals surface area contributed by atoms with Crippen LogP contribution >= 0.6 is 0 Å². The molecule has 0 aromatic heterocycles. The number of hydrogen-bond acceptors (Lipinski definition) is 5. The summed E-state index contributed by atoms with van der Waals surface area (Å²) >= 11 is 0. The number of amides is 1. The molecule has 0 saturated heterocycles. The Morgan fingerprint density at radius 3 is 1.20 bits per heavy atom. The summed E-state index contributed by atoms with van der Waals surface area (Å²) in [7, 11) is 0. The molecule has 0 rings (SSSR count). The van der Waals surface area contributed by atoms with Gasteiger partial charge >= 0.3 is 5.97 Å². The molecule has 6 heteroatoms. The van der Waals surface area contributed by atoms with Crippen LogP contribution in [-0.4, -0.2) is 47.4 Å². The number of carbonyl (C=O) groups is 2. The molecule has 1 amide bonds. The fraction of sp³-hybridized carbons (Fsp3) is 0.864. The molecule has 6 nitrogen and oxygen atoms in total. The minimum absolute atomic E-state index is 0.0382. The van der Waals surface area contributed by atoms with Crippen molar-refractivity contribution in [1.82, 2.24) is 5.32 Å². The van der Waals surface area contributed by atoms with Gasteiger partial charge in [-0.15, -0.1) is 0 Å². The van der Waals surface area contributed by atoms with Crippen LogP contribution < -0.4 is 5.32 Å². The fourth-order valence-electron chi connectivity index (χ4n) is 8.72. The van der Waals surface area contributed by atoms with E-state index in [-0.39, 0.29) is 18.5 Å². The van der Waals surface area contributed by atoms with Gasteiger partial charge in [0.25, 0.3) is 0 Å². The lowest BCUT2D eigenvalue weighted by atomic mass is 10.0. The fourth-order valence-corrected chi connectivity index (χ4v) is 8.72. The van der Waals surface area contributed by atoms with Gasteiger partial charge in [-0.1, -0.05) is 243 Å². The SMILES string of the molecule is CCCCCC/C=C\C/C=C\CCCCCCCCCC(=O)OCCCC/C=C\CCCCCCCC(=O)NC(CO)C(O)CCCCCCCCCCCCCCCCCCCCC. The normalized spacial score (nSPS) is 12.9. The van der Waals surface area contributed by atoms with Crippen molar-refractivity contribution >= 4 is 11.9 Å². The highest BCUT2D eigenvalue weighted by Gasteiger charge is 2.20. The van der Waals surface area contributed by atoms with Crippen LogP contribution in [0.1, 0.15) is 303 Å². The van der Waals surface area contributed by atoms with Crippen molar-refractivity contribution in [2.24, 2.45) is 0 Å². The number of hydrogen-bond donors (Lipinski definition) is 3. The molecule has 2 atom stereocenters. The van der Waals surface area contributed by atoms with E-state index in [0.717, 1.165) is 89.9 Å². The third-order valence-corrected chi connectivity index (χ3v) is 13.2. The lowest BCUT2D eigenvalue weighted by molar-refractivity contribution is -0.143. The van der Waals surface area contributed by atoms with E-state index >= 15 is 0 Å². The van der Waals surface area contributed by atoms with Crippen LogP contribution in [0.15, 0.2) is 36.5 Å². The molecule has 0 aliphatic rings. The summed E-state index contributed by atoms with van der Waals surface area (Å²) < 4.78 is 5.45. The smallest absolute Gasteiger partial charge is 0.305 e. The van der Waals surface area contributed by atoms with Crippen molar-refractivity contribution in [3.63, 3.8) is 0 Å². The molecule has 0 bridgehead atoms. The van der Waals surface area contributed by atoms with E-state index in [2.05, 4.69) is 55.6 Å². The summed E-state index contributed by atoms with van der Waals surface area (Å²) in [5, 5.41) is 23.3. The van der Waals surface area contributed by atoms with E-state index in [9.17, 15) is 19.8 Å². The van der Waals surface area contributed by atoms with Gasteiger partial charge in [0.05, 0.1) is 25.4 Å². The van der Waals surface area contributed by atoms with Gasteiger partial charge in [-0.05, 0) is 83.5 Å². The highest BCUT2D eigenvalue weighted by Crippen LogP contribution is 2.17.